The quantitative estimate of drug-likeness (QED) is 0.507. The molecule has 1 aromatic rings. The predicted octanol–water partition coefficient (Wildman–Crippen LogP) is 4.42. The Morgan fingerprint density at radius 2 is 1.63 bits per heavy atom. The molecule has 1 N–H and O–H groups in total. The van der Waals surface area contributed by atoms with Gasteiger partial charge in [-0.15, -0.1) is 11.8 Å². The Bertz CT molecular complexity index is 1240. The van der Waals surface area contributed by atoms with Crippen molar-refractivity contribution >= 4 is 35.2 Å². The second-order valence-corrected chi connectivity index (χ2v) is 14.9. The summed E-state index contributed by atoms with van der Waals surface area (Å²) in [6.45, 7) is 6.96. The molecule has 1 aliphatic carbocycles. The van der Waals surface area contributed by atoms with Crippen molar-refractivity contribution in [3.63, 3.8) is 0 Å². The first-order chi connectivity index (χ1) is 19.7. The highest BCUT2D eigenvalue weighted by molar-refractivity contribution is 8.02. The van der Waals surface area contributed by atoms with Crippen molar-refractivity contribution < 1.29 is 19.5 Å². The van der Waals surface area contributed by atoms with Gasteiger partial charge in [0.1, 0.15) is 6.04 Å². The summed E-state index contributed by atoms with van der Waals surface area (Å²) in [7, 11) is 0. The van der Waals surface area contributed by atoms with E-state index in [-0.39, 0.29) is 36.3 Å². The minimum absolute atomic E-state index is 0.0242. The third-order valence-electron chi connectivity index (χ3n) is 9.96. The summed E-state index contributed by atoms with van der Waals surface area (Å²) >= 11 is 1.62. The van der Waals surface area contributed by atoms with E-state index in [1.807, 2.05) is 41.3 Å². The molecule has 41 heavy (non-hydrogen) atoms. The molecule has 6 rings (SSSR count). The van der Waals surface area contributed by atoms with Crippen LogP contribution in [0.1, 0.15) is 59.3 Å². The predicted molar refractivity (Wildman–Crippen MR) is 162 cm³/mol. The average Bonchev–Trinajstić information content (AvgIpc) is 3.24. The van der Waals surface area contributed by atoms with Gasteiger partial charge in [0.25, 0.3) is 0 Å². The molecule has 1 aromatic carbocycles. The number of nitrogens with zero attached hydrogens (tertiary/aromatic N) is 3. The molecule has 5 aliphatic rings. The first-order valence-corrected chi connectivity index (χ1v) is 16.2. The van der Waals surface area contributed by atoms with Crippen LogP contribution in [0, 0.1) is 17.8 Å². The lowest BCUT2D eigenvalue weighted by Gasteiger charge is -2.42. The SMILES string of the molecule is CC(C)C[C@H](CO)N1C(=O)[C@@H]2[C@H]3C(=O)N(c4ccccc4)CC=C[C@@]3(C)S[C@@]23C=CCN(C2CCCCC2)C(=O)C13. The molecule has 1 saturated carbocycles. The number of anilines is 1. The minimum Gasteiger partial charge on any atom is -0.394 e. The maximum atomic E-state index is 14.8. The Balaban J connectivity index is 1.47. The molecule has 1 spiro atoms. The minimum atomic E-state index is -0.888. The second-order valence-electron chi connectivity index (χ2n) is 13.1. The number of thioether (sulfide) groups is 1. The third kappa shape index (κ3) is 4.56. The van der Waals surface area contributed by atoms with Crippen LogP contribution in [0.3, 0.4) is 0 Å². The van der Waals surface area contributed by atoms with Crippen LogP contribution in [0.15, 0.2) is 54.6 Å². The third-order valence-corrected chi connectivity index (χ3v) is 11.8. The number of fused-ring (bicyclic) bond motifs is 2. The van der Waals surface area contributed by atoms with Gasteiger partial charge < -0.3 is 19.8 Å². The monoisotopic (exact) mass is 577 g/mol. The maximum Gasteiger partial charge on any atom is 0.247 e. The molecule has 7 nitrogen and oxygen atoms in total. The highest BCUT2D eigenvalue weighted by atomic mass is 32.2. The number of carbonyl (C=O) groups excluding carboxylic acids is 3. The fraction of sp³-hybridized carbons (Fsp3) is 0.606. The molecule has 4 aliphatic heterocycles. The maximum absolute atomic E-state index is 14.8. The number of amides is 3. The van der Waals surface area contributed by atoms with Crippen LogP contribution >= 0.6 is 11.8 Å². The Kier molecular flexibility index (Phi) is 7.60. The molecule has 4 heterocycles. The van der Waals surface area contributed by atoms with E-state index >= 15 is 0 Å². The van der Waals surface area contributed by atoms with Crippen LogP contribution in [-0.4, -0.2) is 79.9 Å². The number of aliphatic hydroxyl groups is 1. The molecule has 2 saturated heterocycles. The number of hydrogen-bond donors (Lipinski definition) is 1. The lowest BCUT2D eigenvalue weighted by atomic mass is 9.74. The summed E-state index contributed by atoms with van der Waals surface area (Å²) in [4.78, 5) is 49.6. The van der Waals surface area contributed by atoms with Gasteiger partial charge >= 0.3 is 0 Å². The van der Waals surface area contributed by atoms with Gasteiger partial charge in [0, 0.05) is 29.6 Å². The van der Waals surface area contributed by atoms with Crippen molar-refractivity contribution in [2.24, 2.45) is 17.8 Å². The zero-order chi connectivity index (χ0) is 28.9. The van der Waals surface area contributed by atoms with Gasteiger partial charge in [-0.05, 0) is 44.2 Å². The van der Waals surface area contributed by atoms with E-state index in [0.717, 1.165) is 31.4 Å². The molecule has 3 amide bonds. The molecule has 220 valence electrons. The summed E-state index contributed by atoms with van der Waals surface area (Å²) in [5.74, 6) is -1.37. The van der Waals surface area contributed by atoms with Gasteiger partial charge in [-0.1, -0.05) is 75.6 Å². The second kappa shape index (κ2) is 10.9. The van der Waals surface area contributed by atoms with Crippen molar-refractivity contribution in [1.82, 2.24) is 9.80 Å². The standard InChI is InChI=1S/C33H43N3O4S/c1-22(2)20-25(21-37)36-28-31(40)35(24-14-8-5-9-15-24)19-11-17-33(28)27(30(36)39)26-29(38)34(23-12-6-4-7-13-23)18-10-16-32(26,3)41-33/h4,6-7,10-13,16-17,22,24-28,37H,5,8-9,14-15,18-21H2,1-3H3/t25-,26+,27+,28?,32-,33+/m1/s1. The first-order valence-electron chi connectivity index (χ1n) is 15.4. The summed E-state index contributed by atoms with van der Waals surface area (Å²) < 4.78 is -1.54. The number of aliphatic hydroxyl groups excluding tert-OH is 1. The molecule has 3 fully saturated rings. The van der Waals surface area contributed by atoms with E-state index in [4.69, 9.17) is 0 Å². The summed E-state index contributed by atoms with van der Waals surface area (Å²) in [6, 6.07) is 8.56. The van der Waals surface area contributed by atoms with Gasteiger partial charge in [0.05, 0.1) is 29.2 Å². The van der Waals surface area contributed by atoms with Gasteiger partial charge in [0.2, 0.25) is 17.7 Å². The van der Waals surface area contributed by atoms with E-state index in [9.17, 15) is 19.5 Å². The zero-order valence-corrected chi connectivity index (χ0v) is 25.3. The molecule has 0 radical (unpaired) electrons. The molecular formula is C33H43N3O4S. The summed E-state index contributed by atoms with van der Waals surface area (Å²) in [5, 5.41) is 10.6. The number of likely N-dealkylation sites (tertiary alicyclic amines) is 1. The normalized spacial score (nSPS) is 34.5. The average molecular weight is 578 g/mol. The largest absolute Gasteiger partial charge is 0.394 e. The van der Waals surface area contributed by atoms with Gasteiger partial charge in [0.15, 0.2) is 0 Å². The van der Waals surface area contributed by atoms with E-state index < -0.39 is 33.4 Å². The fourth-order valence-corrected chi connectivity index (χ4v) is 10.4. The van der Waals surface area contributed by atoms with Crippen LogP contribution < -0.4 is 4.90 Å². The number of hydrogen-bond acceptors (Lipinski definition) is 5. The Morgan fingerprint density at radius 1 is 0.927 bits per heavy atom. The van der Waals surface area contributed by atoms with E-state index in [0.29, 0.717) is 19.5 Å². The Labute approximate surface area is 248 Å². The number of carbonyl (C=O) groups is 3. The van der Waals surface area contributed by atoms with E-state index in [1.54, 1.807) is 21.6 Å². The fourth-order valence-electron chi connectivity index (χ4n) is 8.25. The number of rotatable bonds is 6. The van der Waals surface area contributed by atoms with Crippen LogP contribution in [0.25, 0.3) is 0 Å². The van der Waals surface area contributed by atoms with Gasteiger partial charge in [-0.25, -0.2) is 0 Å². The van der Waals surface area contributed by atoms with Crippen LogP contribution in [0.2, 0.25) is 0 Å². The van der Waals surface area contributed by atoms with Crippen molar-refractivity contribution in [2.75, 3.05) is 24.6 Å². The number of para-hydroxylation sites is 1. The van der Waals surface area contributed by atoms with Gasteiger partial charge in [-0.3, -0.25) is 14.4 Å². The number of benzene rings is 1. The Morgan fingerprint density at radius 3 is 2.32 bits per heavy atom. The summed E-state index contributed by atoms with van der Waals surface area (Å²) in [5.41, 5.74) is 0.806. The van der Waals surface area contributed by atoms with E-state index in [2.05, 4.69) is 39.0 Å². The molecule has 0 aromatic heterocycles. The molecular weight excluding hydrogens is 534 g/mol. The smallest absolute Gasteiger partial charge is 0.247 e. The van der Waals surface area contributed by atoms with Crippen molar-refractivity contribution in [3.8, 4) is 0 Å². The molecule has 1 unspecified atom stereocenters. The first kappa shape index (κ1) is 28.5. The van der Waals surface area contributed by atoms with Crippen LogP contribution in [0.5, 0.6) is 0 Å². The lowest BCUT2D eigenvalue weighted by Crippen LogP contribution is -2.58. The molecule has 0 bridgehead atoms. The van der Waals surface area contributed by atoms with E-state index in [1.165, 1.54) is 6.42 Å². The Hall–Kier alpha value is -2.58. The zero-order valence-electron chi connectivity index (χ0n) is 24.4. The van der Waals surface area contributed by atoms with Crippen molar-refractivity contribution in [3.05, 3.63) is 54.6 Å². The lowest BCUT2D eigenvalue weighted by molar-refractivity contribution is -0.147. The molecule has 6 atom stereocenters. The van der Waals surface area contributed by atoms with Crippen molar-refractivity contribution in [1.29, 1.82) is 0 Å². The topological polar surface area (TPSA) is 81.2 Å². The molecule has 8 heteroatoms. The van der Waals surface area contributed by atoms with Crippen LogP contribution in [-0.2, 0) is 14.4 Å². The highest BCUT2D eigenvalue weighted by Crippen LogP contribution is 2.66. The highest BCUT2D eigenvalue weighted by Gasteiger charge is 2.74. The summed E-state index contributed by atoms with van der Waals surface area (Å²) in [6.07, 6.45) is 14.3. The van der Waals surface area contributed by atoms with Crippen LogP contribution in [0.4, 0.5) is 5.69 Å². The van der Waals surface area contributed by atoms with Crippen molar-refractivity contribution in [2.45, 2.75) is 86.9 Å². The van der Waals surface area contributed by atoms with Gasteiger partial charge in [-0.2, -0.15) is 0 Å².